The molecule has 1 fully saturated rings. The molecule has 35 heavy (non-hydrogen) atoms. The number of hydrogen-bond donors (Lipinski definition) is 3. The molecule has 198 valence electrons. The van der Waals surface area contributed by atoms with Crippen molar-refractivity contribution in [1.29, 1.82) is 0 Å². The molecule has 4 atom stereocenters. The highest BCUT2D eigenvalue weighted by Gasteiger charge is 2.56. The van der Waals surface area contributed by atoms with Crippen molar-refractivity contribution < 1.29 is 24.4 Å². The minimum atomic E-state index is -1.43. The molecule has 1 aliphatic carbocycles. The molecule has 9 nitrogen and oxygen atoms in total. The van der Waals surface area contributed by atoms with Gasteiger partial charge in [0.2, 0.25) is 0 Å². The lowest BCUT2D eigenvalue weighted by Gasteiger charge is -2.42. The molecule has 2 heterocycles. The van der Waals surface area contributed by atoms with Crippen molar-refractivity contribution in [3.63, 3.8) is 0 Å². The number of aliphatic hydroxyl groups is 2. The number of ether oxygens (including phenoxy) is 3. The molecule has 1 unspecified atom stereocenters. The lowest BCUT2D eigenvalue weighted by atomic mass is 9.82. The summed E-state index contributed by atoms with van der Waals surface area (Å²) in [7, 11) is 0. The zero-order valence-corrected chi connectivity index (χ0v) is 21.6. The number of nitrogen functional groups attached to an aromatic ring is 1. The maximum absolute atomic E-state index is 12.5. The predicted octanol–water partition coefficient (Wildman–Crippen LogP) is 3.46. The van der Waals surface area contributed by atoms with Gasteiger partial charge in [0.15, 0.2) is 5.82 Å². The van der Waals surface area contributed by atoms with Crippen LogP contribution in [-0.2, 0) is 19.8 Å². The quantitative estimate of drug-likeness (QED) is 0.270. The van der Waals surface area contributed by atoms with E-state index >= 15 is 0 Å². The smallest absolute Gasteiger partial charge is 0.151 e. The predicted molar refractivity (Wildman–Crippen MR) is 135 cm³/mol. The molecule has 0 aromatic carbocycles. The van der Waals surface area contributed by atoms with Crippen LogP contribution in [0.15, 0.2) is 18.5 Å². The Morgan fingerprint density at radius 2 is 1.71 bits per heavy atom. The SMILES string of the molecule is CCCCOC[C@H](O)[C@@H](OCCCC)[C@@H](OCCCC)C(O)(c1ccc2c(N)ncnn12)C1CC1. The third kappa shape index (κ3) is 6.71. The van der Waals surface area contributed by atoms with Gasteiger partial charge in [0.25, 0.3) is 0 Å². The van der Waals surface area contributed by atoms with E-state index in [-0.39, 0.29) is 12.5 Å². The van der Waals surface area contributed by atoms with Gasteiger partial charge in [0.1, 0.15) is 35.8 Å². The van der Waals surface area contributed by atoms with Crippen LogP contribution in [0, 0.1) is 5.92 Å². The summed E-state index contributed by atoms with van der Waals surface area (Å²) in [5.74, 6) is 0.293. The minimum Gasteiger partial charge on any atom is -0.388 e. The van der Waals surface area contributed by atoms with Gasteiger partial charge in [-0.15, -0.1) is 0 Å². The first-order valence-corrected chi connectivity index (χ1v) is 13.3. The molecule has 9 heteroatoms. The topological polar surface area (TPSA) is 124 Å². The van der Waals surface area contributed by atoms with E-state index in [1.54, 1.807) is 4.52 Å². The van der Waals surface area contributed by atoms with Gasteiger partial charge in [0.05, 0.1) is 12.3 Å². The van der Waals surface area contributed by atoms with E-state index < -0.39 is 23.9 Å². The third-order valence-electron chi connectivity index (χ3n) is 6.74. The molecule has 1 aliphatic rings. The monoisotopic (exact) mass is 492 g/mol. The summed E-state index contributed by atoms with van der Waals surface area (Å²) < 4.78 is 20.1. The highest BCUT2D eigenvalue weighted by atomic mass is 16.6. The average molecular weight is 493 g/mol. The number of fused-ring (bicyclic) bond motifs is 1. The van der Waals surface area contributed by atoms with Crippen molar-refractivity contribution in [3.8, 4) is 0 Å². The van der Waals surface area contributed by atoms with Gasteiger partial charge in [-0.2, -0.15) is 5.10 Å². The maximum Gasteiger partial charge on any atom is 0.151 e. The fraction of sp³-hybridized carbons (Fsp3) is 0.769. The molecule has 3 rings (SSSR count). The fourth-order valence-corrected chi connectivity index (χ4v) is 4.50. The van der Waals surface area contributed by atoms with Crippen molar-refractivity contribution in [2.75, 3.05) is 32.2 Å². The highest BCUT2D eigenvalue weighted by Crippen LogP contribution is 2.50. The second kappa shape index (κ2) is 13.5. The summed E-state index contributed by atoms with van der Waals surface area (Å²) in [5, 5.41) is 28.1. The van der Waals surface area contributed by atoms with Crippen LogP contribution in [0.3, 0.4) is 0 Å². The number of hydrogen-bond acceptors (Lipinski definition) is 8. The van der Waals surface area contributed by atoms with Gasteiger partial charge in [-0.25, -0.2) is 9.50 Å². The fourth-order valence-electron chi connectivity index (χ4n) is 4.50. The van der Waals surface area contributed by atoms with E-state index in [0.29, 0.717) is 36.8 Å². The lowest BCUT2D eigenvalue weighted by molar-refractivity contribution is -0.212. The van der Waals surface area contributed by atoms with Crippen LogP contribution in [0.1, 0.15) is 77.8 Å². The van der Waals surface area contributed by atoms with Gasteiger partial charge in [-0.1, -0.05) is 40.0 Å². The van der Waals surface area contributed by atoms with Crippen molar-refractivity contribution >= 4 is 11.3 Å². The van der Waals surface area contributed by atoms with Crippen LogP contribution in [0.5, 0.6) is 0 Å². The summed E-state index contributed by atoms with van der Waals surface area (Å²) >= 11 is 0. The largest absolute Gasteiger partial charge is 0.388 e. The Balaban J connectivity index is 2.00. The van der Waals surface area contributed by atoms with Gasteiger partial charge in [-0.05, 0) is 50.2 Å². The highest BCUT2D eigenvalue weighted by molar-refractivity contribution is 5.65. The molecule has 0 aliphatic heterocycles. The molecule has 2 aromatic heterocycles. The van der Waals surface area contributed by atoms with E-state index in [4.69, 9.17) is 19.9 Å². The molecule has 0 saturated heterocycles. The normalized spacial score (nSPS) is 18.4. The first kappa shape index (κ1) is 27.8. The second-order valence-electron chi connectivity index (χ2n) is 9.59. The van der Waals surface area contributed by atoms with E-state index in [1.807, 2.05) is 12.1 Å². The van der Waals surface area contributed by atoms with Crippen LogP contribution in [0.25, 0.3) is 5.52 Å². The number of anilines is 1. The summed E-state index contributed by atoms with van der Waals surface area (Å²) in [6.45, 7) is 7.89. The number of nitrogens with two attached hydrogens (primary N) is 1. The van der Waals surface area contributed by atoms with Gasteiger partial charge in [-0.3, -0.25) is 0 Å². The zero-order valence-electron chi connectivity index (χ0n) is 21.6. The van der Waals surface area contributed by atoms with Gasteiger partial charge in [0, 0.05) is 19.8 Å². The van der Waals surface area contributed by atoms with Gasteiger partial charge >= 0.3 is 0 Å². The first-order valence-electron chi connectivity index (χ1n) is 13.3. The maximum atomic E-state index is 12.5. The zero-order chi connectivity index (χ0) is 25.3. The van der Waals surface area contributed by atoms with Crippen LogP contribution >= 0.6 is 0 Å². The minimum absolute atomic E-state index is 0.0473. The lowest BCUT2D eigenvalue weighted by Crippen LogP contribution is -2.56. The van der Waals surface area contributed by atoms with Crippen LogP contribution in [0.2, 0.25) is 0 Å². The van der Waals surface area contributed by atoms with Crippen molar-refractivity contribution in [2.24, 2.45) is 5.92 Å². The summed E-state index contributed by atoms with van der Waals surface area (Å²) in [5.41, 5.74) is 5.86. The molecule has 0 bridgehead atoms. The number of nitrogens with zero attached hydrogens (tertiary/aromatic N) is 3. The van der Waals surface area contributed by atoms with E-state index in [0.717, 1.165) is 51.4 Å². The van der Waals surface area contributed by atoms with Crippen molar-refractivity contribution in [1.82, 2.24) is 14.6 Å². The van der Waals surface area contributed by atoms with Gasteiger partial charge < -0.3 is 30.2 Å². The molecule has 0 spiro atoms. The molecular formula is C26H44N4O5. The van der Waals surface area contributed by atoms with E-state index in [9.17, 15) is 10.2 Å². The Kier molecular flexibility index (Phi) is 10.7. The Morgan fingerprint density at radius 1 is 1.06 bits per heavy atom. The third-order valence-corrected chi connectivity index (χ3v) is 6.74. The molecule has 0 amide bonds. The van der Waals surface area contributed by atoms with Crippen LogP contribution < -0.4 is 5.73 Å². The summed E-state index contributed by atoms with van der Waals surface area (Å²) in [6.07, 6.45) is 6.10. The first-order chi connectivity index (χ1) is 17.0. The van der Waals surface area contributed by atoms with Crippen molar-refractivity contribution in [2.45, 2.75) is 96.1 Å². The average Bonchev–Trinajstić information content (AvgIpc) is 3.62. The Bertz CT molecular complexity index is 890. The second-order valence-corrected chi connectivity index (χ2v) is 9.59. The number of aromatic nitrogens is 3. The Hall–Kier alpha value is -1.78. The Morgan fingerprint density at radius 3 is 2.37 bits per heavy atom. The molecule has 1 saturated carbocycles. The summed E-state index contributed by atoms with van der Waals surface area (Å²) in [4.78, 5) is 4.08. The molecule has 0 radical (unpaired) electrons. The standard InChI is InChI=1S/C26H44N4O5/c1-4-7-14-33-17-21(31)23(34-15-8-5-2)24(35-16-9-6-3)26(32,19-10-11-19)22-13-12-20-25(27)28-18-29-30(20)22/h12-13,18-19,21,23-24,31-32H,4-11,14-17H2,1-3H3,(H2,27,28,29)/t21-,23+,24+,26?/m0/s1. The van der Waals surface area contributed by atoms with Crippen molar-refractivity contribution in [3.05, 3.63) is 24.2 Å². The van der Waals surface area contributed by atoms with Crippen LogP contribution in [-0.4, -0.2) is 69.6 Å². The number of aliphatic hydroxyl groups excluding tert-OH is 1. The molecule has 2 aromatic rings. The molecular weight excluding hydrogens is 448 g/mol. The molecule has 4 N–H and O–H groups in total. The number of unbranched alkanes of at least 4 members (excludes halogenated alkanes) is 3. The van der Waals surface area contributed by atoms with Crippen LogP contribution in [0.4, 0.5) is 5.82 Å². The van der Waals surface area contributed by atoms with E-state index in [2.05, 4.69) is 30.9 Å². The summed E-state index contributed by atoms with van der Waals surface area (Å²) in [6, 6.07) is 3.65. The Labute approximate surface area is 209 Å². The number of rotatable bonds is 18. The van der Waals surface area contributed by atoms with E-state index in [1.165, 1.54) is 6.33 Å².